The third-order valence-corrected chi connectivity index (χ3v) is 2.94. The zero-order chi connectivity index (χ0) is 15.6. The zero-order valence-electron chi connectivity index (χ0n) is 11.5. The van der Waals surface area contributed by atoms with Crippen molar-refractivity contribution in [2.75, 3.05) is 14.2 Å². The van der Waals surface area contributed by atoms with Gasteiger partial charge in [-0.1, -0.05) is 0 Å². The normalized spacial score (nSPS) is 17.6. The van der Waals surface area contributed by atoms with E-state index in [2.05, 4.69) is 4.74 Å². The second-order valence-electron chi connectivity index (χ2n) is 4.31. The first-order valence-electron chi connectivity index (χ1n) is 5.99. The van der Waals surface area contributed by atoms with E-state index in [9.17, 15) is 14.4 Å². The summed E-state index contributed by atoms with van der Waals surface area (Å²) in [5, 5.41) is 0. The minimum absolute atomic E-state index is 0.0744. The number of rotatable bonds is 5. The Morgan fingerprint density at radius 2 is 1.81 bits per heavy atom. The molecule has 0 aliphatic carbocycles. The summed E-state index contributed by atoms with van der Waals surface area (Å²) in [6.07, 6.45) is -2.48. The Bertz CT molecular complexity index is 578. The van der Waals surface area contributed by atoms with Gasteiger partial charge in [0.25, 0.3) is 17.9 Å². The van der Waals surface area contributed by atoms with E-state index in [1.165, 1.54) is 14.2 Å². The molecular formula is C13H14N2O6. The second-order valence-corrected chi connectivity index (χ2v) is 4.31. The van der Waals surface area contributed by atoms with Crippen LogP contribution in [-0.2, 0) is 20.9 Å². The van der Waals surface area contributed by atoms with Crippen molar-refractivity contribution in [3.8, 4) is 11.5 Å². The highest BCUT2D eigenvalue weighted by atomic mass is 16.6. The number of imide groups is 1. The van der Waals surface area contributed by atoms with Gasteiger partial charge in [-0.25, -0.2) is 9.69 Å². The number of carbonyl (C=O) groups excluding carboxylic acids is 3. The number of hydrogen-bond acceptors (Lipinski definition) is 6. The molecule has 21 heavy (non-hydrogen) atoms. The van der Waals surface area contributed by atoms with Gasteiger partial charge in [0.1, 0.15) is 11.5 Å². The van der Waals surface area contributed by atoms with Gasteiger partial charge in [-0.3, -0.25) is 9.59 Å². The molecule has 8 heteroatoms. The SMILES string of the molecule is COc1cc(CN2C(=O)OC(C(N)=O)C2=O)cc(OC)c1. The van der Waals surface area contributed by atoms with Crippen molar-refractivity contribution in [2.45, 2.75) is 12.6 Å². The Labute approximate surface area is 120 Å². The van der Waals surface area contributed by atoms with E-state index in [4.69, 9.17) is 15.2 Å². The quantitative estimate of drug-likeness (QED) is 0.768. The van der Waals surface area contributed by atoms with Crippen LogP contribution in [0.3, 0.4) is 0 Å². The lowest BCUT2D eigenvalue weighted by Crippen LogP contribution is -2.38. The van der Waals surface area contributed by atoms with Crippen LogP contribution in [-0.4, -0.2) is 43.1 Å². The van der Waals surface area contributed by atoms with E-state index in [1.54, 1.807) is 18.2 Å². The Balaban J connectivity index is 2.23. The molecule has 2 rings (SSSR count). The van der Waals surface area contributed by atoms with Crippen molar-refractivity contribution in [3.05, 3.63) is 23.8 Å². The smallest absolute Gasteiger partial charge is 0.418 e. The van der Waals surface area contributed by atoms with Gasteiger partial charge in [0.15, 0.2) is 0 Å². The number of cyclic esters (lactones) is 1. The van der Waals surface area contributed by atoms with Gasteiger partial charge in [-0.15, -0.1) is 0 Å². The fourth-order valence-electron chi connectivity index (χ4n) is 1.91. The molecular weight excluding hydrogens is 280 g/mol. The largest absolute Gasteiger partial charge is 0.497 e. The van der Waals surface area contributed by atoms with Gasteiger partial charge < -0.3 is 19.9 Å². The summed E-state index contributed by atoms with van der Waals surface area (Å²) >= 11 is 0. The maximum absolute atomic E-state index is 11.9. The molecule has 0 aromatic heterocycles. The average Bonchev–Trinajstić information content (AvgIpc) is 2.75. The second kappa shape index (κ2) is 5.70. The fourth-order valence-corrected chi connectivity index (χ4v) is 1.91. The molecule has 1 atom stereocenters. The molecule has 1 fully saturated rings. The number of nitrogens with zero attached hydrogens (tertiary/aromatic N) is 1. The first kappa shape index (κ1) is 14.6. The molecule has 1 aromatic rings. The van der Waals surface area contributed by atoms with Gasteiger partial charge in [0, 0.05) is 6.07 Å². The fraction of sp³-hybridized carbons (Fsp3) is 0.308. The Kier molecular flexibility index (Phi) is 3.97. The monoisotopic (exact) mass is 294 g/mol. The molecule has 8 nitrogen and oxygen atoms in total. The van der Waals surface area contributed by atoms with Crippen LogP contribution in [0.5, 0.6) is 11.5 Å². The molecule has 3 amide bonds. The molecule has 1 aliphatic rings. The molecule has 1 unspecified atom stereocenters. The molecule has 1 aromatic carbocycles. The predicted octanol–water partition coefficient (Wildman–Crippen LogP) is 0.0365. The molecule has 1 heterocycles. The van der Waals surface area contributed by atoms with Crippen LogP contribution in [0, 0.1) is 0 Å². The highest BCUT2D eigenvalue weighted by molar-refractivity contribution is 6.12. The highest BCUT2D eigenvalue weighted by Gasteiger charge is 2.44. The number of nitrogens with two attached hydrogens (primary N) is 1. The number of carbonyl (C=O) groups is 3. The summed E-state index contributed by atoms with van der Waals surface area (Å²) in [6, 6.07) is 4.93. The van der Waals surface area contributed by atoms with Gasteiger partial charge in [-0.05, 0) is 17.7 Å². The number of primary amides is 1. The van der Waals surface area contributed by atoms with Crippen LogP contribution in [0.15, 0.2) is 18.2 Å². The van der Waals surface area contributed by atoms with E-state index < -0.39 is 24.0 Å². The van der Waals surface area contributed by atoms with Crippen LogP contribution < -0.4 is 15.2 Å². The third-order valence-electron chi connectivity index (χ3n) is 2.94. The number of ether oxygens (including phenoxy) is 3. The van der Waals surface area contributed by atoms with Crippen LogP contribution in [0.2, 0.25) is 0 Å². The number of hydrogen-bond donors (Lipinski definition) is 1. The van der Waals surface area contributed by atoms with Crippen LogP contribution in [0.4, 0.5) is 4.79 Å². The van der Waals surface area contributed by atoms with E-state index in [1.807, 2.05) is 0 Å². The highest BCUT2D eigenvalue weighted by Crippen LogP contribution is 2.25. The van der Waals surface area contributed by atoms with Crippen molar-refractivity contribution >= 4 is 17.9 Å². The van der Waals surface area contributed by atoms with E-state index in [-0.39, 0.29) is 6.54 Å². The van der Waals surface area contributed by atoms with Crippen molar-refractivity contribution in [1.82, 2.24) is 4.90 Å². The van der Waals surface area contributed by atoms with Crippen molar-refractivity contribution in [3.63, 3.8) is 0 Å². The minimum Gasteiger partial charge on any atom is -0.497 e. The summed E-state index contributed by atoms with van der Waals surface area (Å²) in [5.41, 5.74) is 5.58. The first-order chi connectivity index (χ1) is 9.96. The van der Waals surface area contributed by atoms with Crippen molar-refractivity contribution < 1.29 is 28.6 Å². The molecule has 2 N–H and O–H groups in total. The van der Waals surface area contributed by atoms with E-state index >= 15 is 0 Å². The molecule has 0 bridgehead atoms. The van der Waals surface area contributed by atoms with Crippen molar-refractivity contribution in [2.24, 2.45) is 5.73 Å². The van der Waals surface area contributed by atoms with Gasteiger partial charge in [0.2, 0.25) is 0 Å². The lowest BCUT2D eigenvalue weighted by atomic mass is 10.2. The zero-order valence-corrected chi connectivity index (χ0v) is 11.5. The average molecular weight is 294 g/mol. The Morgan fingerprint density at radius 1 is 1.24 bits per heavy atom. The summed E-state index contributed by atoms with van der Waals surface area (Å²) < 4.78 is 14.8. The van der Waals surface area contributed by atoms with Crippen LogP contribution >= 0.6 is 0 Å². The lowest BCUT2D eigenvalue weighted by Gasteiger charge is -2.13. The molecule has 0 saturated carbocycles. The molecule has 1 aliphatic heterocycles. The maximum atomic E-state index is 11.9. The van der Waals surface area contributed by atoms with Crippen LogP contribution in [0.25, 0.3) is 0 Å². The molecule has 112 valence electrons. The molecule has 1 saturated heterocycles. The number of benzene rings is 1. The number of amides is 3. The van der Waals surface area contributed by atoms with Crippen LogP contribution in [0.1, 0.15) is 5.56 Å². The summed E-state index contributed by atoms with van der Waals surface area (Å²) in [4.78, 5) is 35.3. The maximum Gasteiger partial charge on any atom is 0.418 e. The molecule has 0 radical (unpaired) electrons. The van der Waals surface area contributed by atoms with Gasteiger partial charge in [-0.2, -0.15) is 0 Å². The summed E-state index contributed by atoms with van der Waals surface area (Å²) in [6.45, 7) is -0.0744. The van der Waals surface area contributed by atoms with Gasteiger partial charge in [0.05, 0.1) is 20.8 Å². The van der Waals surface area contributed by atoms with Gasteiger partial charge >= 0.3 is 6.09 Å². The summed E-state index contributed by atoms with van der Waals surface area (Å²) in [7, 11) is 2.97. The third kappa shape index (κ3) is 2.88. The van der Waals surface area contributed by atoms with Crippen molar-refractivity contribution in [1.29, 1.82) is 0 Å². The topological polar surface area (TPSA) is 108 Å². The Hall–Kier alpha value is -2.77. The minimum atomic E-state index is -1.56. The molecule has 0 spiro atoms. The lowest BCUT2D eigenvalue weighted by molar-refractivity contribution is -0.137. The van der Waals surface area contributed by atoms with E-state index in [0.29, 0.717) is 17.1 Å². The Morgan fingerprint density at radius 3 is 2.24 bits per heavy atom. The first-order valence-corrected chi connectivity index (χ1v) is 5.99. The summed E-state index contributed by atoms with van der Waals surface area (Å²) in [5.74, 6) is -0.764. The van der Waals surface area contributed by atoms with E-state index in [0.717, 1.165) is 4.90 Å². The standard InChI is InChI=1S/C13H14N2O6/c1-19-8-3-7(4-9(5-8)20-2)6-15-12(17)10(11(14)16)21-13(15)18/h3-5,10H,6H2,1-2H3,(H2,14,16). The number of methoxy groups -OCH3 is 2. The predicted molar refractivity (Wildman–Crippen MR) is 69.6 cm³/mol.